The molecule has 170 valence electrons. The van der Waals surface area contributed by atoms with E-state index in [9.17, 15) is 9.18 Å². The standard InChI is InChI=1S/C26H22FN5OS/c1-19(25(33)31(18-8-17-28)22-9-4-2-5-10-22)34-26-30-29-24(20-13-15-21(27)16-14-20)32(26)23-11-6-3-7-12-23/h2-7,9-16,19H,8,18H2,1H3. The third-order valence-corrected chi connectivity index (χ3v) is 6.19. The van der Waals surface area contributed by atoms with Gasteiger partial charge in [-0.25, -0.2) is 4.39 Å². The second-order valence-electron chi connectivity index (χ2n) is 7.48. The van der Waals surface area contributed by atoms with Gasteiger partial charge >= 0.3 is 0 Å². The van der Waals surface area contributed by atoms with Crippen LogP contribution in [0.2, 0.25) is 0 Å². The summed E-state index contributed by atoms with van der Waals surface area (Å²) in [7, 11) is 0. The monoisotopic (exact) mass is 471 g/mol. The Morgan fingerprint density at radius 2 is 1.68 bits per heavy atom. The number of carbonyl (C=O) groups is 1. The Labute approximate surface area is 201 Å². The molecule has 3 aromatic carbocycles. The molecule has 6 nitrogen and oxygen atoms in total. The Kier molecular flexibility index (Phi) is 7.35. The summed E-state index contributed by atoms with van der Waals surface area (Å²) in [4.78, 5) is 15.0. The van der Waals surface area contributed by atoms with Gasteiger partial charge < -0.3 is 4.90 Å². The summed E-state index contributed by atoms with van der Waals surface area (Å²) in [5.41, 5.74) is 2.29. The predicted molar refractivity (Wildman–Crippen MR) is 131 cm³/mol. The molecule has 1 amide bonds. The number of anilines is 1. The Bertz CT molecular complexity index is 1290. The van der Waals surface area contributed by atoms with Gasteiger partial charge in [0.25, 0.3) is 0 Å². The molecule has 34 heavy (non-hydrogen) atoms. The number of hydrogen-bond acceptors (Lipinski definition) is 5. The number of aromatic nitrogens is 3. The van der Waals surface area contributed by atoms with Crippen molar-refractivity contribution < 1.29 is 9.18 Å². The number of hydrogen-bond donors (Lipinski definition) is 0. The zero-order chi connectivity index (χ0) is 23.9. The molecule has 0 N–H and O–H groups in total. The minimum absolute atomic E-state index is 0.127. The van der Waals surface area contributed by atoms with Gasteiger partial charge in [-0.3, -0.25) is 9.36 Å². The number of halogens is 1. The second-order valence-corrected chi connectivity index (χ2v) is 8.79. The molecule has 0 radical (unpaired) electrons. The SMILES string of the molecule is CC(Sc1nnc(-c2ccc(F)cc2)n1-c1ccccc1)C(=O)N(CCC#N)c1ccccc1. The first kappa shape index (κ1) is 23.2. The van der Waals surface area contributed by atoms with Gasteiger partial charge in [0.1, 0.15) is 5.82 Å². The lowest BCUT2D eigenvalue weighted by molar-refractivity contribution is -0.117. The van der Waals surface area contributed by atoms with Crippen LogP contribution in [0.3, 0.4) is 0 Å². The van der Waals surface area contributed by atoms with E-state index in [4.69, 9.17) is 5.26 Å². The Balaban J connectivity index is 1.67. The maximum absolute atomic E-state index is 13.5. The summed E-state index contributed by atoms with van der Waals surface area (Å²) in [5, 5.41) is 17.8. The van der Waals surface area contributed by atoms with E-state index in [2.05, 4.69) is 16.3 Å². The fourth-order valence-electron chi connectivity index (χ4n) is 3.51. The molecule has 0 aliphatic rings. The van der Waals surface area contributed by atoms with Gasteiger partial charge in [-0.1, -0.05) is 48.2 Å². The van der Waals surface area contributed by atoms with E-state index in [1.807, 2.05) is 72.2 Å². The summed E-state index contributed by atoms with van der Waals surface area (Å²) >= 11 is 1.29. The van der Waals surface area contributed by atoms with E-state index in [1.165, 1.54) is 23.9 Å². The molecule has 0 bridgehead atoms. The van der Waals surface area contributed by atoms with Gasteiger partial charge in [-0.15, -0.1) is 10.2 Å². The largest absolute Gasteiger partial charge is 0.310 e. The smallest absolute Gasteiger partial charge is 0.240 e. The maximum atomic E-state index is 13.5. The van der Waals surface area contributed by atoms with Crippen LogP contribution in [0, 0.1) is 17.1 Å². The third-order valence-electron chi connectivity index (χ3n) is 5.16. The minimum Gasteiger partial charge on any atom is -0.310 e. The first-order valence-electron chi connectivity index (χ1n) is 10.8. The van der Waals surface area contributed by atoms with Crippen molar-refractivity contribution in [3.63, 3.8) is 0 Å². The number of benzene rings is 3. The molecule has 0 fully saturated rings. The fraction of sp³-hybridized carbons (Fsp3) is 0.154. The lowest BCUT2D eigenvalue weighted by Crippen LogP contribution is -2.37. The average Bonchev–Trinajstić information content (AvgIpc) is 3.29. The minimum atomic E-state index is -0.494. The number of rotatable bonds is 8. The van der Waals surface area contributed by atoms with Crippen molar-refractivity contribution in [3.8, 4) is 23.1 Å². The van der Waals surface area contributed by atoms with Crippen molar-refractivity contribution in [3.05, 3.63) is 90.7 Å². The van der Waals surface area contributed by atoms with Crippen LogP contribution < -0.4 is 4.90 Å². The summed E-state index contributed by atoms with van der Waals surface area (Å²) in [6.45, 7) is 2.12. The van der Waals surface area contributed by atoms with E-state index in [0.717, 1.165) is 11.4 Å². The summed E-state index contributed by atoms with van der Waals surface area (Å²) < 4.78 is 15.4. The number of nitriles is 1. The molecule has 0 aliphatic heterocycles. The number of thioether (sulfide) groups is 1. The molecule has 1 unspecified atom stereocenters. The van der Waals surface area contributed by atoms with Crippen LogP contribution in [0.5, 0.6) is 0 Å². The van der Waals surface area contributed by atoms with Gasteiger partial charge in [0.05, 0.1) is 17.7 Å². The number of nitrogens with zero attached hydrogens (tertiary/aromatic N) is 5. The maximum Gasteiger partial charge on any atom is 0.240 e. The number of para-hydroxylation sites is 2. The lowest BCUT2D eigenvalue weighted by atomic mass is 10.2. The highest BCUT2D eigenvalue weighted by Gasteiger charge is 2.26. The van der Waals surface area contributed by atoms with E-state index < -0.39 is 5.25 Å². The highest BCUT2D eigenvalue weighted by atomic mass is 32.2. The van der Waals surface area contributed by atoms with Crippen LogP contribution >= 0.6 is 11.8 Å². The van der Waals surface area contributed by atoms with E-state index in [1.54, 1.807) is 17.0 Å². The van der Waals surface area contributed by atoms with Crippen LogP contribution in [-0.2, 0) is 4.79 Å². The van der Waals surface area contributed by atoms with Crippen molar-refractivity contribution in [1.29, 1.82) is 5.26 Å². The molecule has 4 aromatic rings. The first-order chi connectivity index (χ1) is 16.6. The van der Waals surface area contributed by atoms with Gasteiger partial charge in [0, 0.05) is 23.5 Å². The van der Waals surface area contributed by atoms with Gasteiger partial charge in [-0.05, 0) is 55.5 Å². The van der Waals surface area contributed by atoms with Crippen molar-refractivity contribution in [2.75, 3.05) is 11.4 Å². The lowest BCUT2D eigenvalue weighted by Gasteiger charge is -2.25. The van der Waals surface area contributed by atoms with Crippen molar-refractivity contribution >= 4 is 23.4 Å². The summed E-state index contributed by atoms with van der Waals surface area (Å²) in [5.74, 6) is 0.0943. The van der Waals surface area contributed by atoms with Crippen molar-refractivity contribution in [2.45, 2.75) is 23.8 Å². The van der Waals surface area contributed by atoms with Gasteiger partial charge in [0.15, 0.2) is 11.0 Å². The number of carbonyl (C=O) groups excluding carboxylic acids is 1. The van der Waals surface area contributed by atoms with Gasteiger partial charge in [0.2, 0.25) is 5.91 Å². The molecule has 4 rings (SSSR count). The van der Waals surface area contributed by atoms with E-state index >= 15 is 0 Å². The van der Waals surface area contributed by atoms with Crippen LogP contribution in [-0.4, -0.2) is 32.5 Å². The summed E-state index contributed by atoms with van der Waals surface area (Å²) in [6.07, 6.45) is 0.229. The molecule has 8 heteroatoms. The normalized spacial score (nSPS) is 11.6. The third kappa shape index (κ3) is 5.16. The molecule has 1 aromatic heterocycles. The van der Waals surface area contributed by atoms with Crippen LogP contribution in [0.25, 0.3) is 17.1 Å². The molecule has 1 heterocycles. The zero-order valence-electron chi connectivity index (χ0n) is 18.5. The highest BCUT2D eigenvalue weighted by Crippen LogP contribution is 2.31. The Morgan fingerprint density at radius 1 is 1.03 bits per heavy atom. The second kappa shape index (κ2) is 10.8. The fourth-order valence-corrected chi connectivity index (χ4v) is 4.44. The zero-order valence-corrected chi connectivity index (χ0v) is 19.3. The number of amides is 1. The van der Waals surface area contributed by atoms with E-state index in [0.29, 0.717) is 23.1 Å². The molecule has 0 aliphatic carbocycles. The van der Waals surface area contributed by atoms with Crippen molar-refractivity contribution in [1.82, 2.24) is 14.8 Å². The van der Waals surface area contributed by atoms with Crippen LogP contribution in [0.1, 0.15) is 13.3 Å². The molecular weight excluding hydrogens is 449 g/mol. The molecule has 0 spiro atoms. The van der Waals surface area contributed by atoms with Crippen molar-refractivity contribution in [2.24, 2.45) is 0 Å². The predicted octanol–water partition coefficient (Wildman–Crippen LogP) is 5.50. The van der Waals surface area contributed by atoms with Crippen LogP contribution in [0.4, 0.5) is 10.1 Å². The van der Waals surface area contributed by atoms with Gasteiger partial charge in [-0.2, -0.15) is 5.26 Å². The van der Waals surface area contributed by atoms with Crippen LogP contribution in [0.15, 0.2) is 90.1 Å². The topological polar surface area (TPSA) is 74.8 Å². The summed E-state index contributed by atoms with van der Waals surface area (Å²) in [6, 6.07) is 27.1. The first-order valence-corrected chi connectivity index (χ1v) is 11.6. The highest BCUT2D eigenvalue weighted by molar-refractivity contribution is 8.00. The molecule has 0 saturated heterocycles. The quantitative estimate of drug-likeness (QED) is 0.317. The molecule has 1 atom stereocenters. The Hall–Kier alpha value is -3.96. The Morgan fingerprint density at radius 3 is 2.32 bits per heavy atom. The van der Waals surface area contributed by atoms with E-state index in [-0.39, 0.29) is 18.1 Å². The molecular formula is C26H22FN5OS. The molecule has 0 saturated carbocycles. The average molecular weight is 472 g/mol.